The molecule has 0 bridgehead atoms. The van der Waals surface area contributed by atoms with Crippen LogP contribution in [0.15, 0.2) is 194 Å². The SMILES string of the molecule is N#Cc1ccc(-c2nc(-c3ccc(-c4ccccc4)cc3)nc(-c3ccc(-c4ccc5c(c4)Oc4ccccc4C54c5ccccc5-c5ccccc54)cc3)n2)cc1. The van der Waals surface area contributed by atoms with Gasteiger partial charge >= 0.3 is 0 Å². The van der Waals surface area contributed by atoms with E-state index >= 15 is 0 Å². The summed E-state index contributed by atoms with van der Waals surface area (Å²) < 4.78 is 6.76. The van der Waals surface area contributed by atoms with E-state index in [9.17, 15) is 5.26 Å². The first-order chi connectivity index (χ1) is 28.7. The summed E-state index contributed by atoms with van der Waals surface area (Å²) in [7, 11) is 0. The molecule has 0 fully saturated rings. The Balaban J connectivity index is 0.985. The fourth-order valence-corrected chi connectivity index (χ4v) is 8.75. The molecule has 0 unspecified atom stereocenters. The van der Waals surface area contributed by atoms with Crippen LogP contribution in [0, 0.1) is 11.3 Å². The van der Waals surface area contributed by atoms with Crippen molar-refractivity contribution in [3.8, 4) is 85.1 Å². The quantitative estimate of drug-likeness (QED) is 0.176. The van der Waals surface area contributed by atoms with E-state index in [1.165, 1.54) is 22.3 Å². The van der Waals surface area contributed by atoms with Crippen LogP contribution in [0.2, 0.25) is 0 Å². The molecule has 1 aliphatic heterocycles. The molecule has 1 aromatic heterocycles. The van der Waals surface area contributed by atoms with Crippen LogP contribution in [-0.2, 0) is 5.41 Å². The van der Waals surface area contributed by atoms with Crippen LogP contribution in [0.5, 0.6) is 11.5 Å². The third-order valence-corrected chi connectivity index (χ3v) is 11.5. The number of nitrogens with zero attached hydrogens (tertiary/aromatic N) is 4. The Morgan fingerprint density at radius 2 is 0.776 bits per heavy atom. The highest BCUT2D eigenvalue weighted by Gasteiger charge is 2.50. The molecule has 5 heteroatoms. The van der Waals surface area contributed by atoms with Crippen LogP contribution in [0.25, 0.3) is 67.5 Å². The summed E-state index contributed by atoms with van der Waals surface area (Å²) in [5.74, 6) is 3.39. The molecule has 5 nitrogen and oxygen atoms in total. The number of hydrogen-bond donors (Lipinski definition) is 0. The molecule has 0 radical (unpaired) electrons. The van der Waals surface area contributed by atoms with Gasteiger partial charge in [-0.3, -0.25) is 0 Å². The summed E-state index contributed by atoms with van der Waals surface area (Å²) in [6, 6.07) is 69.1. The lowest BCUT2D eigenvalue weighted by atomic mass is 9.66. The maximum Gasteiger partial charge on any atom is 0.164 e. The summed E-state index contributed by atoms with van der Waals surface area (Å²) in [6.45, 7) is 0. The number of benzene rings is 8. The van der Waals surface area contributed by atoms with Crippen LogP contribution in [0.1, 0.15) is 27.8 Å². The number of aromatic nitrogens is 3. The smallest absolute Gasteiger partial charge is 0.164 e. The molecule has 0 atom stereocenters. The zero-order chi connectivity index (χ0) is 38.6. The van der Waals surface area contributed by atoms with Crippen molar-refractivity contribution in [2.75, 3.05) is 0 Å². The van der Waals surface area contributed by atoms with E-state index in [0.29, 0.717) is 23.0 Å². The highest BCUT2D eigenvalue weighted by Crippen LogP contribution is 2.62. The number of rotatable bonds is 5. The Labute approximate surface area is 336 Å². The fourth-order valence-electron chi connectivity index (χ4n) is 8.75. The van der Waals surface area contributed by atoms with Crippen molar-refractivity contribution < 1.29 is 4.74 Å². The lowest BCUT2D eigenvalue weighted by Gasteiger charge is -2.39. The normalized spacial score (nSPS) is 12.7. The van der Waals surface area contributed by atoms with Crippen LogP contribution in [0.4, 0.5) is 0 Å². The number of hydrogen-bond acceptors (Lipinski definition) is 5. The van der Waals surface area contributed by atoms with Gasteiger partial charge in [0.25, 0.3) is 0 Å². The second-order valence-corrected chi connectivity index (χ2v) is 14.7. The summed E-state index contributed by atoms with van der Waals surface area (Å²) in [5, 5.41) is 9.41. The summed E-state index contributed by atoms with van der Waals surface area (Å²) >= 11 is 0. The van der Waals surface area contributed by atoms with Crippen molar-refractivity contribution in [1.82, 2.24) is 15.0 Å². The van der Waals surface area contributed by atoms with E-state index in [2.05, 4.69) is 152 Å². The third kappa shape index (κ3) is 5.27. The monoisotopic (exact) mass is 740 g/mol. The molecule has 1 aliphatic carbocycles. The summed E-state index contributed by atoms with van der Waals surface area (Å²) in [4.78, 5) is 14.9. The van der Waals surface area contributed by atoms with Gasteiger partial charge in [-0.05, 0) is 80.9 Å². The molecule has 0 N–H and O–H groups in total. The molecule has 270 valence electrons. The largest absolute Gasteiger partial charge is 0.457 e. The molecule has 9 aromatic rings. The van der Waals surface area contributed by atoms with Crippen LogP contribution < -0.4 is 4.74 Å². The minimum atomic E-state index is -0.495. The Morgan fingerprint density at radius 1 is 0.362 bits per heavy atom. The third-order valence-electron chi connectivity index (χ3n) is 11.5. The second kappa shape index (κ2) is 13.4. The van der Waals surface area contributed by atoms with Gasteiger partial charge in [0.1, 0.15) is 11.5 Å². The van der Waals surface area contributed by atoms with Gasteiger partial charge in [0.2, 0.25) is 0 Å². The van der Waals surface area contributed by atoms with Crippen molar-refractivity contribution >= 4 is 0 Å². The van der Waals surface area contributed by atoms with Crippen molar-refractivity contribution in [1.29, 1.82) is 5.26 Å². The molecule has 0 saturated carbocycles. The molecule has 0 amide bonds. The maximum absolute atomic E-state index is 9.41. The standard InChI is InChI=1S/C53H32N4O/c54-33-34-18-20-38(21-19-34)50-55-51(39-26-22-36(23-27-39)35-10-2-1-3-11-35)57-52(56-50)40-28-24-37(25-29-40)41-30-31-47-49(32-41)58-48-17-9-8-16-46(48)53(47)44-14-6-4-12-42(44)43-13-5-7-15-45(43)53/h1-32H. The molecule has 2 aliphatic rings. The van der Waals surface area contributed by atoms with Gasteiger partial charge in [-0.2, -0.15) is 5.26 Å². The first kappa shape index (κ1) is 33.4. The Morgan fingerprint density at radius 3 is 1.34 bits per heavy atom. The lowest BCUT2D eigenvalue weighted by Crippen LogP contribution is -2.32. The molecule has 11 rings (SSSR count). The number of ether oxygens (including phenoxy) is 1. The fraction of sp³-hybridized carbons (Fsp3) is 0.0189. The van der Waals surface area contributed by atoms with Gasteiger partial charge < -0.3 is 4.74 Å². The van der Waals surface area contributed by atoms with Gasteiger partial charge in [0.05, 0.1) is 17.0 Å². The zero-order valence-electron chi connectivity index (χ0n) is 31.2. The first-order valence-corrected chi connectivity index (χ1v) is 19.3. The Bertz CT molecular complexity index is 3030. The van der Waals surface area contributed by atoms with Gasteiger partial charge in [0, 0.05) is 27.8 Å². The van der Waals surface area contributed by atoms with E-state index in [0.717, 1.165) is 61.6 Å². The number of nitriles is 1. The molecular weight excluding hydrogens is 709 g/mol. The highest BCUT2D eigenvalue weighted by atomic mass is 16.5. The molecular formula is C53H32N4O. The van der Waals surface area contributed by atoms with Gasteiger partial charge in [-0.15, -0.1) is 0 Å². The summed E-state index contributed by atoms with van der Waals surface area (Å²) in [6.07, 6.45) is 0. The van der Waals surface area contributed by atoms with Gasteiger partial charge in [-0.1, -0.05) is 158 Å². The van der Waals surface area contributed by atoms with E-state index in [-0.39, 0.29) is 0 Å². The van der Waals surface area contributed by atoms with Crippen molar-refractivity contribution in [2.24, 2.45) is 0 Å². The maximum atomic E-state index is 9.41. The lowest BCUT2D eigenvalue weighted by molar-refractivity contribution is 0.436. The predicted molar refractivity (Wildman–Crippen MR) is 229 cm³/mol. The van der Waals surface area contributed by atoms with Crippen molar-refractivity contribution in [3.05, 3.63) is 222 Å². The average Bonchev–Trinajstić information content (AvgIpc) is 3.59. The minimum Gasteiger partial charge on any atom is -0.457 e. The molecule has 8 aromatic carbocycles. The first-order valence-electron chi connectivity index (χ1n) is 19.3. The van der Waals surface area contributed by atoms with Gasteiger partial charge in [0.15, 0.2) is 17.5 Å². The van der Waals surface area contributed by atoms with E-state index in [1.807, 2.05) is 36.4 Å². The van der Waals surface area contributed by atoms with Crippen LogP contribution >= 0.6 is 0 Å². The average molecular weight is 741 g/mol. The minimum absolute atomic E-state index is 0.495. The number of fused-ring (bicyclic) bond motifs is 9. The van der Waals surface area contributed by atoms with E-state index in [1.54, 1.807) is 12.1 Å². The van der Waals surface area contributed by atoms with E-state index in [4.69, 9.17) is 19.7 Å². The molecule has 1 spiro atoms. The summed E-state index contributed by atoms with van der Waals surface area (Å²) in [5.41, 5.74) is 14.4. The highest BCUT2D eigenvalue weighted by molar-refractivity contribution is 5.89. The van der Waals surface area contributed by atoms with Crippen molar-refractivity contribution in [2.45, 2.75) is 5.41 Å². The zero-order valence-corrected chi connectivity index (χ0v) is 31.2. The Hall–Kier alpha value is -7.94. The van der Waals surface area contributed by atoms with Crippen LogP contribution in [0.3, 0.4) is 0 Å². The van der Waals surface area contributed by atoms with Crippen molar-refractivity contribution in [3.63, 3.8) is 0 Å². The molecule has 2 heterocycles. The molecule has 58 heavy (non-hydrogen) atoms. The topological polar surface area (TPSA) is 71.7 Å². The van der Waals surface area contributed by atoms with E-state index < -0.39 is 5.41 Å². The predicted octanol–water partition coefficient (Wildman–Crippen LogP) is 12.5. The molecule has 0 saturated heterocycles. The van der Waals surface area contributed by atoms with Crippen LogP contribution in [-0.4, -0.2) is 15.0 Å². The Kier molecular flexibility index (Phi) is 7.70. The second-order valence-electron chi connectivity index (χ2n) is 14.7. The number of para-hydroxylation sites is 1. The van der Waals surface area contributed by atoms with Gasteiger partial charge in [-0.25, -0.2) is 15.0 Å².